The first-order chi connectivity index (χ1) is 8.13. The van der Waals surface area contributed by atoms with Gasteiger partial charge in [0.2, 0.25) is 5.91 Å². The summed E-state index contributed by atoms with van der Waals surface area (Å²) in [6, 6.07) is 4.71. The molecule has 1 unspecified atom stereocenters. The first-order valence-electron chi connectivity index (χ1n) is 5.38. The molecule has 0 spiro atoms. The SMILES string of the molecule is CCNC(C(N)=O)c1ccc(OC)cc1OC. The molecule has 0 saturated carbocycles. The van der Waals surface area contributed by atoms with Crippen molar-refractivity contribution in [2.24, 2.45) is 5.73 Å². The molecular weight excluding hydrogens is 220 g/mol. The standard InChI is InChI=1S/C12H18N2O3/c1-4-14-11(12(13)15)9-6-5-8(16-2)7-10(9)17-3/h5-7,11,14H,4H2,1-3H3,(H2,13,15). The maximum atomic E-state index is 11.4. The Labute approximate surface area is 101 Å². The van der Waals surface area contributed by atoms with E-state index in [0.29, 0.717) is 23.6 Å². The highest BCUT2D eigenvalue weighted by Gasteiger charge is 2.20. The smallest absolute Gasteiger partial charge is 0.239 e. The highest BCUT2D eigenvalue weighted by Crippen LogP contribution is 2.29. The summed E-state index contributed by atoms with van der Waals surface area (Å²) in [5.41, 5.74) is 6.07. The molecule has 0 aliphatic heterocycles. The van der Waals surface area contributed by atoms with Crippen LogP contribution < -0.4 is 20.5 Å². The van der Waals surface area contributed by atoms with E-state index in [1.165, 1.54) is 0 Å². The Morgan fingerprint density at radius 3 is 2.59 bits per heavy atom. The summed E-state index contributed by atoms with van der Waals surface area (Å²) in [6.45, 7) is 2.55. The molecule has 94 valence electrons. The summed E-state index contributed by atoms with van der Waals surface area (Å²) in [7, 11) is 3.12. The van der Waals surface area contributed by atoms with Crippen LogP contribution in [0.4, 0.5) is 0 Å². The molecule has 1 aromatic rings. The summed E-state index contributed by atoms with van der Waals surface area (Å²) < 4.78 is 10.3. The molecule has 1 aromatic carbocycles. The number of nitrogens with one attached hydrogen (secondary N) is 1. The van der Waals surface area contributed by atoms with Crippen molar-refractivity contribution in [3.63, 3.8) is 0 Å². The van der Waals surface area contributed by atoms with Crippen LogP contribution in [0.2, 0.25) is 0 Å². The van der Waals surface area contributed by atoms with E-state index >= 15 is 0 Å². The summed E-state index contributed by atoms with van der Waals surface area (Å²) in [4.78, 5) is 11.4. The van der Waals surface area contributed by atoms with E-state index in [1.807, 2.05) is 6.92 Å². The lowest BCUT2D eigenvalue weighted by molar-refractivity contribution is -0.120. The number of likely N-dealkylation sites (N-methyl/N-ethyl adjacent to an activating group) is 1. The molecule has 1 atom stereocenters. The van der Waals surface area contributed by atoms with Gasteiger partial charge < -0.3 is 20.5 Å². The summed E-state index contributed by atoms with van der Waals surface area (Å²) in [5.74, 6) is 0.815. The van der Waals surface area contributed by atoms with Gasteiger partial charge in [0, 0.05) is 11.6 Å². The average molecular weight is 238 g/mol. The Kier molecular flexibility index (Phi) is 4.78. The maximum Gasteiger partial charge on any atom is 0.239 e. The lowest BCUT2D eigenvalue weighted by Crippen LogP contribution is -2.33. The Morgan fingerprint density at radius 2 is 2.12 bits per heavy atom. The normalized spacial score (nSPS) is 11.9. The maximum absolute atomic E-state index is 11.4. The molecule has 3 N–H and O–H groups in total. The van der Waals surface area contributed by atoms with Crippen molar-refractivity contribution < 1.29 is 14.3 Å². The number of primary amides is 1. The minimum atomic E-state index is -0.555. The van der Waals surface area contributed by atoms with Crippen molar-refractivity contribution in [2.75, 3.05) is 20.8 Å². The Hall–Kier alpha value is -1.75. The molecular formula is C12H18N2O3. The van der Waals surface area contributed by atoms with Crippen LogP contribution in [0.1, 0.15) is 18.5 Å². The van der Waals surface area contributed by atoms with Crippen molar-refractivity contribution in [3.8, 4) is 11.5 Å². The van der Waals surface area contributed by atoms with Crippen LogP contribution in [-0.4, -0.2) is 26.7 Å². The van der Waals surface area contributed by atoms with Crippen LogP contribution in [-0.2, 0) is 4.79 Å². The molecule has 0 aliphatic carbocycles. The van der Waals surface area contributed by atoms with Gasteiger partial charge in [0.15, 0.2) is 0 Å². The van der Waals surface area contributed by atoms with Gasteiger partial charge in [-0.05, 0) is 18.7 Å². The van der Waals surface area contributed by atoms with Crippen molar-refractivity contribution in [1.29, 1.82) is 0 Å². The Balaban J connectivity index is 3.13. The topological polar surface area (TPSA) is 73.6 Å². The molecule has 0 radical (unpaired) electrons. The van der Waals surface area contributed by atoms with Gasteiger partial charge >= 0.3 is 0 Å². The van der Waals surface area contributed by atoms with E-state index in [4.69, 9.17) is 15.2 Å². The van der Waals surface area contributed by atoms with Crippen LogP contribution in [0, 0.1) is 0 Å². The fourth-order valence-corrected chi connectivity index (χ4v) is 1.62. The van der Waals surface area contributed by atoms with Gasteiger partial charge in [-0.3, -0.25) is 4.79 Å². The van der Waals surface area contributed by atoms with E-state index in [1.54, 1.807) is 32.4 Å². The molecule has 5 nitrogen and oxygen atoms in total. The fraction of sp³-hybridized carbons (Fsp3) is 0.417. The third-order valence-electron chi connectivity index (χ3n) is 2.44. The van der Waals surface area contributed by atoms with Gasteiger partial charge in [-0.15, -0.1) is 0 Å². The second kappa shape index (κ2) is 6.10. The quantitative estimate of drug-likeness (QED) is 0.770. The Morgan fingerprint density at radius 1 is 1.41 bits per heavy atom. The highest BCUT2D eigenvalue weighted by molar-refractivity contribution is 5.82. The van der Waals surface area contributed by atoms with Crippen LogP contribution in [0.3, 0.4) is 0 Å². The van der Waals surface area contributed by atoms with E-state index in [9.17, 15) is 4.79 Å². The first kappa shape index (κ1) is 13.3. The number of carbonyl (C=O) groups is 1. The van der Waals surface area contributed by atoms with Crippen LogP contribution in [0.5, 0.6) is 11.5 Å². The highest BCUT2D eigenvalue weighted by atomic mass is 16.5. The zero-order chi connectivity index (χ0) is 12.8. The third kappa shape index (κ3) is 3.10. The number of hydrogen-bond acceptors (Lipinski definition) is 4. The molecule has 0 aromatic heterocycles. The number of rotatable bonds is 6. The number of methoxy groups -OCH3 is 2. The lowest BCUT2D eigenvalue weighted by atomic mass is 10.0. The number of hydrogen-bond donors (Lipinski definition) is 2. The molecule has 0 saturated heterocycles. The minimum Gasteiger partial charge on any atom is -0.497 e. The zero-order valence-electron chi connectivity index (χ0n) is 10.3. The van der Waals surface area contributed by atoms with Gasteiger partial charge in [0.05, 0.1) is 14.2 Å². The number of ether oxygens (including phenoxy) is 2. The van der Waals surface area contributed by atoms with E-state index in [2.05, 4.69) is 5.32 Å². The second-order valence-corrected chi connectivity index (χ2v) is 3.50. The molecule has 0 bridgehead atoms. The summed E-state index contributed by atoms with van der Waals surface area (Å²) in [5, 5.41) is 3.02. The summed E-state index contributed by atoms with van der Waals surface area (Å²) in [6.07, 6.45) is 0. The predicted molar refractivity (Wildman–Crippen MR) is 65.2 cm³/mol. The number of amides is 1. The molecule has 5 heteroatoms. The average Bonchev–Trinajstić information content (AvgIpc) is 2.35. The third-order valence-corrected chi connectivity index (χ3v) is 2.44. The van der Waals surface area contributed by atoms with Gasteiger partial charge in [0.25, 0.3) is 0 Å². The number of benzene rings is 1. The molecule has 1 rings (SSSR count). The largest absolute Gasteiger partial charge is 0.497 e. The van der Waals surface area contributed by atoms with Crippen LogP contribution in [0.25, 0.3) is 0 Å². The first-order valence-corrected chi connectivity index (χ1v) is 5.38. The zero-order valence-corrected chi connectivity index (χ0v) is 10.3. The minimum absolute atomic E-state index is 0.435. The molecule has 0 heterocycles. The van der Waals surface area contributed by atoms with E-state index < -0.39 is 11.9 Å². The monoisotopic (exact) mass is 238 g/mol. The van der Waals surface area contributed by atoms with Crippen molar-refractivity contribution >= 4 is 5.91 Å². The number of nitrogens with two attached hydrogens (primary N) is 1. The van der Waals surface area contributed by atoms with Crippen molar-refractivity contribution in [2.45, 2.75) is 13.0 Å². The molecule has 0 fully saturated rings. The molecule has 0 aliphatic rings. The molecule has 1 amide bonds. The van der Waals surface area contributed by atoms with Crippen molar-refractivity contribution in [3.05, 3.63) is 23.8 Å². The van der Waals surface area contributed by atoms with Gasteiger partial charge in [-0.25, -0.2) is 0 Å². The lowest BCUT2D eigenvalue weighted by Gasteiger charge is -2.18. The van der Waals surface area contributed by atoms with E-state index in [-0.39, 0.29) is 0 Å². The van der Waals surface area contributed by atoms with Gasteiger partial charge in [-0.1, -0.05) is 6.92 Å². The van der Waals surface area contributed by atoms with Crippen LogP contribution in [0.15, 0.2) is 18.2 Å². The van der Waals surface area contributed by atoms with Gasteiger partial charge in [-0.2, -0.15) is 0 Å². The van der Waals surface area contributed by atoms with Crippen molar-refractivity contribution in [1.82, 2.24) is 5.32 Å². The van der Waals surface area contributed by atoms with Crippen LogP contribution >= 0.6 is 0 Å². The van der Waals surface area contributed by atoms with Gasteiger partial charge in [0.1, 0.15) is 17.5 Å². The van der Waals surface area contributed by atoms with E-state index in [0.717, 1.165) is 0 Å². The molecule has 17 heavy (non-hydrogen) atoms. The summed E-state index contributed by atoms with van der Waals surface area (Å²) >= 11 is 0. The predicted octanol–water partition coefficient (Wildman–Crippen LogP) is 0.840. The fourth-order valence-electron chi connectivity index (χ4n) is 1.62. The number of carbonyl (C=O) groups excluding carboxylic acids is 1. The second-order valence-electron chi connectivity index (χ2n) is 3.50. The Bertz CT molecular complexity index is 393.